The van der Waals surface area contributed by atoms with Gasteiger partial charge in [0.1, 0.15) is 12.1 Å². The molecule has 0 amide bonds. The van der Waals surface area contributed by atoms with E-state index < -0.39 is 0 Å². The lowest BCUT2D eigenvalue weighted by Crippen LogP contribution is -2.51. The van der Waals surface area contributed by atoms with Crippen LogP contribution in [0.1, 0.15) is 12.8 Å². The summed E-state index contributed by atoms with van der Waals surface area (Å²) in [7, 11) is 1.64. The Morgan fingerprint density at radius 1 is 1.33 bits per heavy atom. The number of hydrogen-bond acceptors (Lipinski definition) is 6. The van der Waals surface area contributed by atoms with Crippen LogP contribution in [0.2, 0.25) is 0 Å². The molecule has 1 aliphatic carbocycles. The molecule has 2 atom stereocenters. The molecular formula is C15H22N4O2. The van der Waals surface area contributed by atoms with Gasteiger partial charge in [0, 0.05) is 32.2 Å². The maximum Gasteiger partial charge on any atom is 0.218 e. The zero-order valence-corrected chi connectivity index (χ0v) is 12.4. The number of hydrogen-bond donors (Lipinski definition) is 0. The fourth-order valence-electron chi connectivity index (χ4n) is 3.42. The average Bonchev–Trinajstić information content (AvgIpc) is 3.22. The van der Waals surface area contributed by atoms with Crippen molar-refractivity contribution < 1.29 is 9.47 Å². The van der Waals surface area contributed by atoms with Gasteiger partial charge in [0.15, 0.2) is 0 Å². The number of morpholine rings is 1. The molecule has 2 aliphatic heterocycles. The van der Waals surface area contributed by atoms with E-state index in [2.05, 4.69) is 19.8 Å². The minimum absolute atomic E-state index is 0.304. The van der Waals surface area contributed by atoms with E-state index in [1.165, 1.54) is 19.4 Å². The summed E-state index contributed by atoms with van der Waals surface area (Å²) in [5.41, 5.74) is 0. The van der Waals surface area contributed by atoms with Crippen LogP contribution in [0.4, 0.5) is 5.82 Å². The second-order valence-corrected chi connectivity index (χ2v) is 6.24. The van der Waals surface area contributed by atoms with E-state index in [-0.39, 0.29) is 0 Å². The Bertz CT molecular complexity index is 508. The molecule has 6 nitrogen and oxygen atoms in total. The third kappa shape index (κ3) is 2.70. The maximum atomic E-state index is 5.98. The number of anilines is 1. The van der Waals surface area contributed by atoms with Crippen molar-refractivity contribution in [2.24, 2.45) is 5.92 Å². The van der Waals surface area contributed by atoms with Gasteiger partial charge in [0.25, 0.3) is 0 Å². The van der Waals surface area contributed by atoms with E-state index in [1.807, 2.05) is 6.07 Å². The standard InChI is InChI=1S/C15H22N4O2/c1-20-15-6-14(16-10-17-15)19-8-12-13(9-19)21-5-4-18(12)7-11-2-3-11/h6,10-13H,2-5,7-9H2,1H3/t12-,13+/m1/s1. The highest BCUT2D eigenvalue weighted by Crippen LogP contribution is 2.33. The molecule has 2 saturated heterocycles. The van der Waals surface area contributed by atoms with Gasteiger partial charge in [0.05, 0.1) is 25.9 Å². The molecule has 0 N–H and O–H groups in total. The Morgan fingerprint density at radius 2 is 2.24 bits per heavy atom. The minimum atomic E-state index is 0.304. The number of nitrogens with zero attached hydrogens (tertiary/aromatic N) is 4. The number of aromatic nitrogens is 2. The monoisotopic (exact) mass is 290 g/mol. The summed E-state index contributed by atoms with van der Waals surface area (Å²) >= 11 is 0. The first-order valence-corrected chi connectivity index (χ1v) is 7.80. The molecule has 1 aromatic heterocycles. The van der Waals surface area contributed by atoms with Crippen molar-refractivity contribution in [3.63, 3.8) is 0 Å². The van der Waals surface area contributed by atoms with Crippen molar-refractivity contribution in [3.8, 4) is 5.88 Å². The average molecular weight is 290 g/mol. The van der Waals surface area contributed by atoms with Gasteiger partial charge in [-0.2, -0.15) is 0 Å². The van der Waals surface area contributed by atoms with Crippen LogP contribution in [0, 0.1) is 5.92 Å². The Morgan fingerprint density at radius 3 is 3.05 bits per heavy atom. The Labute approximate surface area is 125 Å². The predicted octanol–water partition coefficient (Wildman–Crippen LogP) is 0.785. The van der Waals surface area contributed by atoms with Crippen molar-refractivity contribution in [1.29, 1.82) is 0 Å². The molecule has 1 aromatic rings. The van der Waals surface area contributed by atoms with Gasteiger partial charge in [-0.15, -0.1) is 0 Å². The van der Waals surface area contributed by atoms with E-state index in [0.29, 0.717) is 18.0 Å². The topological polar surface area (TPSA) is 50.7 Å². The predicted molar refractivity (Wildman–Crippen MR) is 78.6 cm³/mol. The molecule has 1 saturated carbocycles. The number of rotatable bonds is 4. The minimum Gasteiger partial charge on any atom is -0.481 e. The van der Waals surface area contributed by atoms with Crippen molar-refractivity contribution >= 4 is 5.82 Å². The lowest BCUT2D eigenvalue weighted by atomic mass is 10.1. The van der Waals surface area contributed by atoms with E-state index >= 15 is 0 Å². The molecule has 3 aliphatic rings. The summed E-state index contributed by atoms with van der Waals surface area (Å²) in [6, 6.07) is 2.41. The van der Waals surface area contributed by atoms with Gasteiger partial charge in [-0.05, 0) is 18.8 Å². The van der Waals surface area contributed by atoms with Crippen LogP contribution in [0.15, 0.2) is 12.4 Å². The van der Waals surface area contributed by atoms with Crippen LogP contribution in [-0.4, -0.2) is 66.9 Å². The molecule has 4 rings (SSSR count). The van der Waals surface area contributed by atoms with Crippen LogP contribution >= 0.6 is 0 Å². The van der Waals surface area contributed by atoms with Crippen LogP contribution in [0.5, 0.6) is 5.88 Å². The van der Waals surface area contributed by atoms with Gasteiger partial charge < -0.3 is 14.4 Å². The maximum absolute atomic E-state index is 5.98. The summed E-state index contributed by atoms with van der Waals surface area (Å²) in [4.78, 5) is 13.4. The first-order chi connectivity index (χ1) is 10.3. The normalized spacial score (nSPS) is 29.5. The quantitative estimate of drug-likeness (QED) is 0.817. The van der Waals surface area contributed by atoms with Crippen molar-refractivity contribution in [3.05, 3.63) is 12.4 Å². The highest BCUT2D eigenvalue weighted by molar-refractivity contribution is 5.43. The SMILES string of the molecule is COc1cc(N2C[C@@H]3OCCN(CC4CC4)[C@@H]3C2)ncn1. The molecular weight excluding hydrogens is 268 g/mol. The van der Waals surface area contributed by atoms with Crippen LogP contribution < -0.4 is 9.64 Å². The third-order valence-corrected chi connectivity index (χ3v) is 4.77. The van der Waals surface area contributed by atoms with Crippen LogP contribution in [0.3, 0.4) is 0 Å². The highest BCUT2D eigenvalue weighted by Gasteiger charge is 2.42. The number of methoxy groups -OCH3 is 1. The van der Waals surface area contributed by atoms with Gasteiger partial charge in [-0.1, -0.05) is 0 Å². The second kappa shape index (κ2) is 5.42. The molecule has 3 heterocycles. The van der Waals surface area contributed by atoms with E-state index in [9.17, 15) is 0 Å². The van der Waals surface area contributed by atoms with Crippen molar-refractivity contribution in [2.45, 2.75) is 25.0 Å². The van der Waals surface area contributed by atoms with E-state index in [0.717, 1.165) is 38.0 Å². The van der Waals surface area contributed by atoms with Crippen LogP contribution in [0.25, 0.3) is 0 Å². The first-order valence-electron chi connectivity index (χ1n) is 7.80. The summed E-state index contributed by atoms with van der Waals surface area (Å²) in [6.07, 6.45) is 4.68. The molecule has 0 aromatic carbocycles. The third-order valence-electron chi connectivity index (χ3n) is 4.77. The Kier molecular flexibility index (Phi) is 3.43. The van der Waals surface area contributed by atoms with Crippen LogP contribution in [-0.2, 0) is 4.74 Å². The Balaban J connectivity index is 1.48. The lowest BCUT2D eigenvalue weighted by Gasteiger charge is -2.36. The first kappa shape index (κ1) is 13.3. The fourth-order valence-corrected chi connectivity index (χ4v) is 3.42. The van der Waals surface area contributed by atoms with Crippen molar-refractivity contribution in [2.75, 3.05) is 44.8 Å². The number of ether oxygens (including phenoxy) is 2. The van der Waals surface area contributed by atoms with Gasteiger partial charge >= 0.3 is 0 Å². The van der Waals surface area contributed by atoms with Gasteiger partial charge in [-0.25, -0.2) is 9.97 Å². The molecule has 0 unspecified atom stereocenters. The molecule has 6 heteroatoms. The fraction of sp³-hybridized carbons (Fsp3) is 0.733. The molecule has 3 fully saturated rings. The summed E-state index contributed by atoms with van der Waals surface area (Å²) in [5, 5.41) is 0. The smallest absolute Gasteiger partial charge is 0.218 e. The molecule has 21 heavy (non-hydrogen) atoms. The van der Waals surface area contributed by atoms with E-state index in [1.54, 1.807) is 13.4 Å². The highest BCUT2D eigenvalue weighted by atomic mass is 16.5. The molecule has 0 spiro atoms. The molecule has 0 bridgehead atoms. The van der Waals surface area contributed by atoms with Gasteiger partial charge in [0.2, 0.25) is 5.88 Å². The Hall–Kier alpha value is -1.40. The van der Waals surface area contributed by atoms with Gasteiger partial charge in [-0.3, -0.25) is 4.90 Å². The lowest BCUT2D eigenvalue weighted by molar-refractivity contribution is -0.0480. The summed E-state index contributed by atoms with van der Waals surface area (Å²) in [6.45, 7) is 5.06. The zero-order chi connectivity index (χ0) is 14.2. The van der Waals surface area contributed by atoms with E-state index in [4.69, 9.17) is 9.47 Å². The van der Waals surface area contributed by atoms with Crippen molar-refractivity contribution in [1.82, 2.24) is 14.9 Å². The largest absolute Gasteiger partial charge is 0.481 e. The molecule has 114 valence electrons. The second-order valence-electron chi connectivity index (χ2n) is 6.24. The molecule has 0 radical (unpaired) electrons. The number of fused-ring (bicyclic) bond motifs is 1. The zero-order valence-electron chi connectivity index (χ0n) is 12.4. The summed E-state index contributed by atoms with van der Waals surface area (Å²) in [5.74, 6) is 2.48. The summed E-state index contributed by atoms with van der Waals surface area (Å²) < 4.78 is 11.2.